The number of sulfone groups is 1. The van der Waals surface area contributed by atoms with Crippen molar-refractivity contribution >= 4 is 15.8 Å². The summed E-state index contributed by atoms with van der Waals surface area (Å²) in [4.78, 5) is 6.05. The van der Waals surface area contributed by atoms with E-state index in [0.717, 1.165) is 19.1 Å². The van der Waals surface area contributed by atoms with Gasteiger partial charge in [0.2, 0.25) is 0 Å². The minimum Gasteiger partial charge on any atom is -0.379 e. The van der Waals surface area contributed by atoms with E-state index in [1.807, 2.05) is 11.9 Å². The molecule has 112 valence electrons. The summed E-state index contributed by atoms with van der Waals surface area (Å²) in [5.41, 5.74) is 0. The van der Waals surface area contributed by atoms with Gasteiger partial charge in [0.15, 0.2) is 5.96 Å². The SMILES string of the molecule is CN=C(NCCS(C)(=O)=O)N(C)CCOCC1CC1. The second kappa shape index (κ2) is 7.69. The molecule has 0 saturated heterocycles. The van der Waals surface area contributed by atoms with Crippen LogP contribution in [0.2, 0.25) is 0 Å². The average Bonchev–Trinajstić information content (AvgIpc) is 3.12. The zero-order valence-corrected chi connectivity index (χ0v) is 12.9. The Morgan fingerprint density at radius 1 is 1.47 bits per heavy atom. The number of hydrogen-bond donors (Lipinski definition) is 1. The normalized spacial score (nSPS) is 16.5. The minimum absolute atomic E-state index is 0.109. The Bertz CT molecular complexity index is 391. The lowest BCUT2D eigenvalue weighted by atomic mass is 10.5. The van der Waals surface area contributed by atoms with Gasteiger partial charge in [0.25, 0.3) is 0 Å². The highest BCUT2D eigenvalue weighted by atomic mass is 32.2. The summed E-state index contributed by atoms with van der Waals surface area (Å²) in [6.07, 6.45) is 3.82. The smallest absolute Gasteiger partial charge is 0.193 e. The van der Waals surface area contributed by atoms with Gasteiger partial charge in [-0.3, -0.25) is 4.99 Å². The molecule has 0 amide bonds. The molecule has 0 aromatic carbocycles. The van der Waals surface area contributed by atoms with Crippen LogP contribution in [0.15, 0.2) is 4.99 Å². The Kier molecular flexibility index (Phi) is 6.57. The van der Waals surface area contributed by atoms with Gasteiger partial charge in [-0.05, 0) is 18.8 Å². The lowest BCUT2D eigenvalue weighted by molar-refractivity contribution is 0.115. The van der Waals surface area contributed by atoms with E-state index < -0.39 is 9.84 Å². The molecular formula is C12H25N3O3S. The predicted molar refractivity (Wildman–Crippen MR) is 77.2 cm³/mol. The Hall–Kier alpha value is -0.820. The maximum Gasteiger partial charge on any atom is 0.193 e. The fourth-order valence-corrected chi connectivity index (χ4v) is 2.05. The highest BCUT2D eigenvalue weighted by Gasteiger charge is 2.21. The van der Waals surface area contributed by atoms with Crippen LogP contribution in [0.1, 0.15) is 12.8 Å². The molecular weight excluding hydrogens is 266 g/mol. The first-order valence-electron chi connectivity index (χ1n) is 6.59. The molecule has 0 unspecified atom stereocenters. The molecule has 0 aromatic rings. The number of rotatable bonds is 8. The topological polar surface area (TPSA) is 71.0 Å². The van der Waals surface area contributed by atoms with Crippen molar-refractivity contribution in [2.75, 3.05) is 52.4 Å². The fourth-order valence-electron chi connectivity index (χ4n) is 1.57. The molecule has 1 rings (SSSR count). The van der Waals surface area contributed by atoms with Crippen molar-refractivity contribution in [3.8, 4) is 0 Å². The molecule has 0 heterocycles. The van der Waals surface area contributed by atoms with Crippen LogP contribution in [0.4, 0.5) is 0 Å². The van der Waals surface area contributed by atoms with Gasteiger partial charge >= 0.3 is 0 Å². The molecule has 0 radical (unpaired) electrons. The van der Waals surface area contributed by atoms with Gasteiger partial charge in [0.1, 0.15) is 9.84 Å². The monoisotopic (exact) mass is 291 g/mol. The number of ether oxygens (including phenoxy) is 1. The van der Waals surface area contributed by atoms with Gasteiger partial charge in [-0.1, -0.05) is 0 Å². The Balaban J connectivity index is 2.16. The maximum atomic E-state index is 11.0. The van der Waals surface area contributed by atoms with Crippen molar-refractivity contribution in [2.24, 2.45) is 10.9 Å². The molecule has 1 N–H and O–H groups in total. The van der Waals surface area contributed by atoms with Crippen LogP contribution >= 0.6 is 0 Å². The standard InChI is InChI=1S/C12H25N3O3S/c1-13-12(14-6-9-19(3,16)17)15(2)7-8-18-10-11-4-5-11/h11H,4-10H2,1-3H3,(H,13,14). The lowest BCUT2D eigenvalue weighted by Crippen LogP contribution is -2.42. The molecule has 0 aromatic heterocycles. The zero-order valence-electron chi connectivity index (χ0n) is 12.1. The number of hydrogen-bond acceptors (Lipinski definition) is 4. The van der Waals surface area contributed by atoms with Gasteiger partial charge in [-0.25, -0.2) is 8.42 Å². The Morgan fingerprint density at radius 2 is 2.16 bits per heavy atom. The summed E-state index contributed by atoms with van der Waals surface area (Å²) in [6, 6.07) is 0. The van der Waals surface area contributed by atoms with E-state index in [4.69, 9.17) is 4.74 Å². The van der Waals surface area contributed by atoms with Crippen LogP contribution < -0.4 is 5.32 Å². The third-order valence-corrected chi connectivity index (χ3v) is 3.90. The molecule has 0 bridgehead atoms. The van der Waals surface area contributed by atoms with Crippen molar-refractivity contribution in [1.29, 1.82) is 0 Å². The van der Waals surface area contributed by atoms with Crippen LogP contribution in [0, 0.1) is 5.92 Å². The largest absolute Gasteiger partial charge is 0.379 e. The van der Waals surface area contributed by atoms with Crippen molar-refractivity contribution in [2.45, 2.75) is 12.8 Å². The van der Waals surface area contributed by atoms with Crippen LogP contribution in [0.25, 0.3) is 0 Å². The molecule has 19 heavy (non-hydrogen) atoms. The first-order valence-corrected chi connectivity index (χ1v) is 8.65. The Morgan fingerprint density at radius 3 is 2.68 bits per heavy atom. The van der Waals surface area contributed by atoms with Crippen molar-refractivity contribution in [3.05, 3.63) is 0 Å². The second-order valence-corrected chi connectivity index (χ2v) is 7.30. The van der Waals surface area contributed by atoms with Gasteiger partial charge in [-0.2, -0.15) is 0 Å². The molecule has 7 heteroatoms. The highest BCUT2D eigenvalue weighted by Crippen LogP contribution is 2.28. The van der Waals surface area contributed by atoms with Gasteiger partial charge in [-0.15, -0.1) is 0 Å². The van der Waals surface area contributed by atoms with E-state index >= 15 is 0 Å². The average molecular weight is 291 g/mol. The highest BCUT2D eigenvalue weighted by molar-refractivity contribution is 7.90. The summed E-state index contributed by atoms with van der Waals surface area (Å²) in [5.74, 6) is 1.58. The molecule has 1 saturated carbocycles. The van der Waals surface area contributed by atoms with E-state index in [-0.39, 0.29) is 5.75 Å². The number of likely N-dealkylation sites (N-methyl/N-ethyl adjacent to an activating group) is 1. The first kappa shape index (κ1) is 16.2. The summed E-state index contributed by atoms with van der Waals surface area (Å²) < 4.78 is 27.6. The van der Waals surface area contributed by atoms with E-state index in [2.05, 4.69) is 10.3 Å². The van der Waals surface area contributed by atoms with Crippen LogP contribution in [-0.4, -0.2) is 71.7 Å². The van der Waals surface area contributed by atoms with Crippen molar-refractivity contribution in [1.82, 2.24) is 10.2 Å². The van der Waals surface area contributed by atoms with E-state index in [1.54, 1.807) is 7.05 Å². The third-order valence-electron chi connectivity index (χ3n) is 2.95. The minimum atomic E-state index is -2.94. The third kappa shape index (κ3) is 8.05. The summed E-state index contributed by atoms with van der Waals surface area (Å²) >= 11 is 0. The molecule has 0 atom stereocenters. The summed E-state index contributed by atoms with van der Waals surface area (Å²) in [6.45, 7) is 2.64. The first-order chi connectivity index (χ1) is 8.92. The number of guanidine groups is 1. The van der Waals surface area contributed by atoms with Crippen molar-refractivity contribution in [3.63, 3.8) is 0 Å². The van der Waals surface area contributed by atoms with Crippen LogP contribution in [0.3, 0.4) is 0 Å². The predicted octanol–water partition coefficient (Wildman–Crippen LogP) is -0.0352. The molecule has 6 nitrogen and oxygen atoms in total. The van der Waals surface area contributed by atoms with Gasteiger partial charge in [0, 0.05) is 40.0 Å². The van der Waals surface area contributed by atoms with Gasteiger partial charge in [0.05, 0.1) is 12.4 Å². The van der Waals surface area contributed by atoms with Crippen molar-refractivity contribution < 1.29 is 13.2 Å². The maximum absolute atomic E-state index is 11.0. The van der Waals surface area contributed by atoms with Gasteiger partial charge < -0.3 is 15.0 Å². The molecule has 0 spiro atoms. The summed E-state index contributed by atoms with van der Waals surface area (Å²) in [5, 5.41) is 3.03. The summed E-state index contributed by atoms with van der Waals surface area (Å²) in [7, 11) is 0.660. The lowest BCUT2D eigenvalue weighted by Gasteiger charge is -2.21. The van der Waals surface area contributed by atoms with Crippen LogP contribution in [-0.2, 0) is 14.6 Å². The quantitative estimate of drug-likeness (QED) is 0.386. The number of nitrogens with zero attached hydrogens (tertiary/aromatic N) is 2. The second-order valence-electron chi connectivity index (χ2n) is 5.04. The molecule has 1 aliphatic carbocycles. The van der Waals surface area contributed by atoms with Crippen LogP contribution in [0.5, 0.6) is 0 Å². The van der Waals surface area contributed by atoms with E-state index in [1.165, 1.54) is 19.1 Å². The zero-order chi connectivity index (χ0) is 14.3. The number of aliphatic imine (C=N–C) groups is 1. The molecule has 1 aliphatic rings. The Labute approximate surface area is 116 Å². The van der Waals surface area contributed by atoms with E-state index in [0.29, 0.717) is 19.1 Å². The molecule has 1 fully saturated rings. The van der Waals surface area contributed by atoms with E-state index in [9.17, 15) is 8.42 Å². The number of nitrogens with one attached hydrogen (secondary N) is 1. The molecule has 0 aliphatic heterocycles. The fraction of sp³-hybridized carbons (Fsp3) is 0.917.